The van der Waals surface area contributed by atoms with Crippen molar-refractivity contribution in [3.05, 3.63) is 45.2 Å². The SMILES string of the molecule is COC(=O)c1c(N)c(C#N)cn1-c1c(C(F)(F)F)ccc(Cl)c1Cl. The minimum absolute atomic E-state index is 0.165. The van der Waals surface area contributed by atoms with Crippen LogP contribution in [-0.4, -0.2) is 17.6 Å². The minimum atomic E-state index is -4.79. The van der Waals surface area contributed by atoms with E-state index in [9.17, 15) is 18.0 Å². The van der Waals surface area contributed by atoms with Crippen LogP contribution in [-0.2, 0) is 10.9 Å². The molecule has 24 heavy (non-hydrogen) atoms. The van der Waals surface area contributed by atoms with Crippen LogP contribution >= 0.6 is 23.2 Å². The Labute approximate surface area is 143 Å². The number of aromatic nitrogens is 1. The van der Waals surface area contributed by atoms with Gasteiger partial charge in [0.25, 0.3) is 0 Å². The zero-order valence-electron chi connectivity index (χ0n) is 11.9. The fourth-order valence-electron chi connectivity index (χ4n) is 2.10. The Kier molecular flexibility index (Phi) is 4.69. The number of hydrogen-bond donors (Lipinski definition) is 1. The molecule has 5 nitrogen and oxygen atoms in total. The van der Waals surface area contributed by atoms with Gasteiger partial charge in [-0.1, -0.05) is 23.2 Å². The number of esters is 1. The monoisotopic (exact) mass is 377 g/mol. The van der Waals surface area contributed by atoms with Crippen molar-refractivity contribution in [2.45, 2.75) is 6.18 Å². The molecule has 0 unspecified atom stereocenters. The summed E-state index contributed by atoms with van der Waals surface area (Å²) in [5.74, 6) is -1.03. The third kappa shape index (κ3) is 2.88. The highest BCUT2D eigenvalue weighted by atomic mass is 35.5. The van der Waals surface area contributed by atoms with Gasteiger partial charge in [-0.15, -0.1) is 0 Å². The molecule has 0 fully saturated rings. The zero-order chi connectivity index (χ0) is 18.2. The maximum absolute atomic E-state index is 13.3. The molecule has 0 aliphatic rings. The lowest BCUT2D eigenvalue weighted by molar-refractivity contribution is -0.137. The summed E-state index contributed by atoms with van der Waals surface area (Å²) in [6.07, 6.45) is -3.82. The van der Waals surface area contributed by atoms with E-state index in [1.54, 1.807) is 6.07 Å². The summed E-state index contributed by atoms with van der Waals surface area (Å²) in [5, 5.41) is 8.42. The molecule has 126 valence electrons. The topological polar surface area (TPSA) is 81.0 Å². The molecule has 0 aliphatic heterocycles. The predicted molar refractivity (Wildman–Crippen MR) is 81.3 cm³/mol. The van der Waals surface area contributed by atoms with Gasteiger partial charge >= 0.3 is 12.1 Å². The van der Waals surface area contributed by atoms with Crippen LogP contribution in [0.15, 0.2) is 18.3 Å². The van der Waals surface area contributed by atoms with Crippen molar-refractivity contribution in [1.82, 2.24) is 4.57 Å². The highest BCUT2D eigenvalue weighted by Gasteiger charge is 2.37. The molecular weight excluding hydrogens is 370 g/mol. The van der Waals surface area contributed by atoms with Gasteiger partial charge in [-0.2, -0.15) is 18.4 Å². The molecule has 0 amide bonds. The number of nitrogens with zero attached hydrogens (tertiary/aromatic N) is 2. The number of halogens is 5. The van der Waals surface area contributed by atoms with E-state index in [0.29, 0.717) is 6.07 Å². The van der Waals surface area contributed by atoms with Gasteiger partial charge in [0.05, 0.1) is 39.7 Å². The number of carbonyl (C=O) groups is 1. The van der Waals surface area contributed by atoms with Crippen LogP contribution in [0.2, 0.25) is 10.0 Å². The third-order valence-electron chi connectivity index (χ3n) is 3.16. The number of hydrogen-bond acceptors (Lipinski definition) is 4. The second kappa shape index (κ2) is 6.26. The van der Waals surface area contributed by atoms with Crippen molar-refractivity contribution in [3.63, 3.8) is 0 Å². The van der Waals surface area contributed by atoms with Crippen molar-refractivity contribution >= 4 is 34.9 Å². The lowest BCUT2D eigenvalue weighted by Crippen LogP contribution is -2.16. The maximum Gasteiger partial charge on any atom is 0.418 e. The summed E-state index contributed by atoms with van der Waals surface area (Å²) >= 11 is 11.7. The van der Waals surface area contributed by atoms with Crippen molar-refractivity contribution in [3.8, 4) is 11.8 Å². The average Bonchev–Trinajstić information content (AvgIpc) is 2.84. The standard InChI is InChI=1S/C14H8Cl2F3N3O2/c1-24-13(23)12-10(21)6(4-20)5-22(12)11-7(14(17,18)19)2-3-8(15)9(11)16/h2-3,5H,21H2,1H3. The summed E-state index contributed by atoms with van der Waals surface area (Å²) in [6, 6.07) is 3.38. The lowest BCUT2D eigenvalue weighted by Gasteiger charge is -2.17. The number of carbonyl (C=O) groups excluding carboxylic acids is 1. The quantitative estimate of drug-likeness (QED) is 0.800. The van der Waals surface area contributed by atoms with E-state index in [2.05, 4.69) is 4.74 Å². The molecule has 0 bridgehead atoms. The number of nitrogen functional groups attached to an aromatic ring is 1. The van der Waals surface area contributed by atoms with Gasteiger partial charge in [0.15, 0.2) is 5.69 Å². The summed E-state index contributed by atoms with van der Waals surface area (Å²) < 4.78 is 45.3. The molecule has 1 heterocycles. The first kappa shape index (κ1) is 18.0. The summed E-state index contributed by atoms with van der Waals surface area (Å²) in [7, 11) is 1.02. The molecule has 0 saturated heterocycles. The van der Waals surface area contributed by atoms with Crippen LogP contribution in [0.1, 0.15) is 21.6 Å². The first-order valence-corrected chi connectivity index (χ1v) is 6.93. The van der Waals surface area contributed by atoms with Gasteiger partial charge in [0.1, 0.15) is 6.07 Å². The van der Waals surface area contributed by atoms with E-state index in [0.717, 1.165) is 23.9 Å². The molecule has 2 N–H and O–H groups in total. The predicted octanol–water partition coefficient (Wildman–Crippen LogP) is 4.04. The van der Waals surface area contributed by atoms with E-state index in [1.807, 2.05) is 0 Å². The van der Waals surface area contributed by atoms with Crippen molar-refractivity contribution in [2.24, 2.45) is 0 Å². The van der Waals surface area contributed by atoms with Gasteiger partial charge in [-0.3, -0.25) is 0 Å². The molecule has 2 rings (SSSR count). The molecular formula is C14H8Cl2F3N3O2. The third-order valence-corrected chi connectivity index (χ3v) is 3.95. The Hall–Kier alpha value is -2.37. The number of ether oxygens (including phenoxy) is 1. The fraction of sp³-hybridized carbons (Fsp3) is 0.143. The minimum Gasteiger partial charge on any atom is -0.464 e. The summed E-state index contributed by atoms with van der Waals surface area (Å²) in [4.78, 5) is 11.9. The molecule has 2 aromatic rings. The van der Waals surface area contributed by atoms with Crippen LogP contribution in [0, 0.1) is 11.3 Å². The lowest BCUT2D eigenvalue weighted by atomic mass is 10.1. The Morgan fingerprint density at radius 3 is 2.50 bits per heavy atom. The average molecular weight is 378 g/mol. The van der Waals surface area contributed by atoms with E-state index in [-0.39, 0.29) is 16.3 Å². The van der Waals surface area contributed by atoms with Crippen LogP contribution < -0.4 is 5.73 Å². The van der Waals surface area contributed by atoms with E-state index in [4.69, 9.17) is 34.2 Å². The van der Waals surface area contributed by atoms with E-state index in [1.165, 1.54) is 0 Å². The molecule has 1 aromatic heterocycles. The number of benzene rings is 1. The molecule has 1 aromatic carbocycles. The van der Waals surface area contributed by atoms with Crippen LogP contribution in [0.4, 0.5) is 18.9 Å². The number of nitrogens with two attached hydrogens (primary N) is 1. The smallest absolute Gasteiger partial charge is 0.418 e. The van der Waals surface area contributed by atoms with Crippen LogP contribution in [0.25, 0.3) is 5.69 Å². The Morgan fingerprint density at radius 2 is 2.00 bits per heavy atom. The van der Waals surface area contributed by atoms with Gasteiger partial charge in [0.2, 0.25) is 0 Å². The summed E-state index contributed by atoms with van der Waals surface area (Å²) in [6.45, 7) is 0. The molecule has 0 saturated carbocycles. The number of methoxy groups -OCH3 is 1. The number of alkyl halides is 3. The molecule has 10 heteroatoms. The number of rotatable bonds is 2. The van der Waals surface area contributed by atoms with Crippen molar-refractivity contribution in [2.75, 3.05) is 12.8 Å². The van der Waals surface area contributed by atoms with E-state index < -0.39 is 34.1 Å². The van der Waals surface area contributed by atoms with Crippen molar-refractivity contribution < 1.29 is 22.7 Å². The van der Waals surface area contributed by atoms with Gasteiger partial charge in [-0.05, 0) is 12.1 Å². The molecule has 0 aliphatic carbocycles. The second-order valence-corrected chi connectivity index (χ2v) is 5.32. The number of nitriles is 1. The van der Waals surface area contributed by atoms with Crippen LogP contribution in [0.5, 0.6) is 0 Å². The summed E-state index contributed by atoms with van der Waals surface area (Å²) in [5.41, 5.74) is 2.91. The first-order chi connectivity index (χ1) is 11.1. The van der Waals surface area contributed by atoms with Gasteiger partial charge in [-0.25, -0.2) is 4.79 Å². The largest absolute Gasteiger partial charge is 0.464 e. The van der Waals surface area contributed by atoms with Crippen molar-refractivity contribution in [1.29, 1.82) is 5.26 Å². The zero-order valence-corrected chi connectivity index (χ0v) is 13.4. The normalized spacial score (nSPS) is 11.2. The van der Waals surface area contributed by atoms with Gasteiger partial charge < -0.3 is 15.0 Å². The molecule has 0 radical (unpaired) electrons. The number of anilines is 1. The highest BCUT2D eigenvalue weighted by Crippen LogP contribution is 2.42. The molecule has 0 atom stereocenters. The second-order valence-electron chi connectivity index (χ2n) is 4.53. The maximum atomic E-state index is 13.3. The Balaban J connectivity index is 2.95. The first-order valence-electron chi connectivity index (χ1n) is 6.18. The fourth-order valence-corrected chi connectivity index (χ4v) is 2.50. The van der Waals surface area contributed by atoms with E-state index >= 15 is 0 Å². The molecule has 0 spiro atoms. The Bertz CT molecular complexity index is 870. The highest BCUT2D eigenvalue weighted by molar-refractivity contribution is 6.43. The Morgan fingerprint density at radius 1 is 1.38 bits per heavy atom. The van der Waals surface area contributed by atoms with Gasteiger partial charge in [0, 0.05) is 6.20 Å². The van der Waals surface area contributed by atoms with Crippen LogP contribution in [0.3, 0.4) is 0 Å².